The minimum absolute atomic E-state index is 0.0221. The van der Waals surface area contributed by atoms with Gasteiger partial charge in [0.15, 0.2) is 11.5 Å². The molecule has 0 aliphatic heterocycles. The van der Waals surface area contributed by atoms with Gasteiger partial charge < -0.3 is 18.6 Å². The number of furan rings is 1. The zero-order valence-electron chi connectivity index (χ0n) is 13.0. The number of benzene rings is 1. The minimum Gasteiger partial charge on any atom is -0.493 e. The monoisotopic (exact) mass is 319 g/mol. The van der Waals surface area contributed by atoms with Crippen LogP contribution in [0.5, 0.6) is 11.5 Å². The number of nitrogens with one attached hydrogen (secondary N) is 1. The number of hydrogen-bond donors (Lipinski definition) is 1. The zero-order chi connectivity index (χ0) is 16.8. The lowest BCUT2D eigenvalue weighted by Gasteiger charge is -2.09. The first-order valence-corrected chi connectivity index (χ1v) is 6.76. The third-order valence-corrected chi connectivity index (χ3v) is 3.07. The first kappa shape index (κ1) is 16.4. The molecule has 0 aliphatic rings. The highest BCUT2D eigenvalue weighted by Crippen LogP contribution is 2.27. The second-order valence-electron chi connectivity index (χ2n) is 4.57. The van der Waals surface area contributed by atoms with Crippen molar-refractivity contribution in [1.82, 2.24) is 0 Å². The van der Waals surface area contributed by atoms with Gasteiger partial charge >= 0.3 is 5.97 Å². The van der Waals surface area contributed by atoms with Crippen molar-refractivity contribution < 1.29 is 28.2 Å². The molecule has 1 aromatic heterocycles. The summed E-state index contributed by atoms with van der Waals surface area (Å²) in [5, 5.41) is 2.57. The van der Waals surface area contributed by atoms with E-state index in [1.807, 2.05) is 0 Å². The van der Waals surface area contributed by atoms with Crippen LogP contribution in [-0.4, -0.2) is 33.2 Å². The lowest BCUT2D eigenvalue weighted by molar-refractivity contribution is -0.115. The molecule has 0 bridgehead atoms. The lowest BCUT2D eigenvalue weighted by atomic mass is 10.1. The largest absolute Gasteiger partial charge is 0.493 e. The molecule has 0 saturated heterocycles. The van der Waals surface area contributed by atoms with Crippen LogP contribution in [0.3, 0.4) is 0 Å². The second-order valence-corrected chi connectivity index (χ2v) is 4.57. The molecule has 0 saturated carbocycles. The molecule has 0 spiro atoms. The predicted molar refractivity (Wildman–Crippen MR) is 81.9 cm³/mol. The van der Waals surface area contributed by atoms with Gasteiger partial charge in [-0.2, -0.15) is 0 Å². The number of carbonyl (C=O) groups is 2. The highest BCUT2D eigenvalue weighted by Gasteiger charge is 2.13. The van der Waals surface area contributed by atoms with Gasteiger partial charge in [-0.15, -0.1) is 0 Å². The maximum absolute atomic E-state index is 12.0. The second kappa shape index (κ2) is 7.35. The standard InChI is InChI=1S/C16H17NO6/c1-20-11-5-4-10(8-13(11)21-2)9-14(18)17-15-7-6-12(23-15)16(19)22-3/h4-8H,9H2,1-3H3,(H,17,18). The first-order valence-electron chi connectivity index (χ1n) is 6.76. The maximum Gasteiger partial charge on any atom is 0.374 e. The molecular weight excluding hydrogens is 302 g/mol. The number of carbonyl (C=O) groups excluding carboxylic acids is 2. The van der Waals surface area contributed by atoms with E-state index >= 15 is 0 Å². The van der Waals surface area contributed by atoms with Crippen molar-refractivity contribution in [3.63, 3.8) is 0 Å². The van der Waals surface area contributed by atoms with Crippen LogP contribution in [-0.2, 0) is 16.0 Å². The van der Waals surface area contributed by atoms with Crippen LogP contribution in [0.2, 0.25) is 0 Å². The Balaban J connectivity index is 2.02. The van der Waals surface area contributed by atoms with E-state index in [9.17, 15) is 9.59 Å². The SMILES string of the molecule is COC(=O)c1ccc(NC(=O)Cc2ccc(OC)c(OC)c2)o1. The minimum atomic E-state index is -0.606. The molecule has 0 unspecified atom stereocenters. The van der Waals surface area contributed by atoms with Gasteiger partial charge in [0.05, 0.1) is 27.8 Å². The fourth-order valence-electron chi connectivity index (χ4n) is 1.97. The Morgan fingerprint density at radius 1 is 1.04 bits per heavy atom. The molecule has 122 valence electrons. The summed E-state index contributed by atoms with van der Waals surface area (Å²) in [6.07, 6.45) is 0.120. The topological polar surface area (TPSA) is 87.0 Å². The number of amides is 1. The molecule has 2 aromatic rings. The normalized spacial score (nSPS) is 10.0. The van der Waals surface area contributed by atoms with Crippen LogP contribution < -0.4 is 14.8 Å². The van der Waals surface area contributed by atoms with Gasteiger partial charge in [-0.3, -0.25) is 10.1 Å². The average Bonchev–Trinajstić information content (AvgIpc) is 3.02. The predicted octanol–water partition coefficient (Wildman–Crippen LogP) is 2.26. The van der Waals surface area contributed by atoms with Gasteiger partial charge in [0, 0.05) is 6.07 Å². The number of esters is 1. The van der Waals surface area contributed by atoms with E-state index in [1.165, 1.54) is 26.4 Å². The third kappa shape index (κ3) is 4.03. The van der Waals surface area contributed by atoms with Crippen LogP contribution in [0, 0.1) is 0 Å². The molecule has 0 aliphatic carbocycles. The molecule has 23 heavy (non-hydrogen) atoms. The quantitative estimate of drug-likeness (QED) is 0.822. The zero-order valence-corrected chi connectivity index (χ0v) is 13.0. The molecule has 1 aromatic carbocycles. The summed E-state index contributed by atoms with van der Waals surface area (Å²) in [5.74, 6) is 0.437. The van der Waals surface area contributed by atoms with Crippen molar-refractivity contribution >= 4 is 17.8 Å². The Bertz CT molecular complexity index is 706. The van der Waals surface area contributed by atoms with Crippen LogP contribution >= 0.6 is 0 Å². The molecule has 0 radical (unpaired) electrons. The molecule has 7 nitrogen and oxygen atoms in total. The van der Waals surface area contributed by atoms with Crippen LogP contribution in [0.1, 0.15) is 16.1 Å². The highest BCUT2D eigenvalue weighted by molar-refractivity contribution is 5.92. The Labute approximate surface area is 133 Å². The smallest absolute Gasteiger partial charge is 0.374 e. The molecule has 7 heteroatoms. The number of anilines is 1. The summed E-state index contributed by atoms with van der Waals surface area (Å²) in [6, 6.07) is 8.13. The summed E-state index contributed by atoms with van der Waals surface area (Å²) >= 11 is 0. The van der Waals surface area contributed by atoms with Gasteiger partial charge in [-0.1, -0.05) is 6.07 Å². The number of hydrogen-bond acceptors (Lipinski definition) is 6. The van der Waals surface area contributed by atoms with Gasteiger partial charge in [-0.05, 0) is 23.8 Å². The number of ether oxygens (including phenoxy) is 3. The van der Waals surface area contributed by atoms with Gasteiger partial charge in [0.1, 0.15) is 0 Å². The lowest BCUT2D eigenvalue weighted by Crippen LogP contribution is -2.14. The van der Waals surface area contributed by atoms with Crippen molar-refractivity contribution in [1.29, 1.82) is 0 Å². The van der Waals surface area contributed by atoms with Crippen molar-refractivity contribution in [2.45, 2.75) is 6.42 Å². The van der Waals surface area contributed by atoms with E-state index in [2.05, 4.69) is 10.1 Å². The van der Waals surface area contributed by atoms with Crippen LogP contribution in [0.4, 0.5) is 5.88 Å². The summed E-state index contributed by atoms with van der Waals surface area (Å²) in [7, 11) is 4.32. The van der Waals surface area contributed by atoms with Crippen molar-refractivity contribution in [2.24, 2.45) is 0 Å². The molecule has 1 amide bonds. The van der Waals surface area contributed by atoms with Crippen LogP contribution in [0.15, 0.2) is 34.7 Å². The fraction of sp³-hybridized carbons (Fsp3) is 0.250. The Kier molecular flexibility index (Phi) is 5.24. The van der Waals surface area contributed by atoms with E-state index < -0.39 is 5.97 Å². The Morgan fingerprint density at radius 3 is 2.43 bits per heavy atom. The number of rotatable bonds is 6. The molecule has 0 fully saturated rings. The van der Waals surface area contributed by atoms with Crippen molar-refractivity contribution in [2.75, 3.05) is 26.6 Å². The van der Waals surface area contributed by atoms with Crippen molar-refractivity contribution in [3.05, 3.63) is 41.7 Å². The molecule has 1 N–H and O–H groups in total. The van der Waals surface area contributed by atoms with E-state index in [0.29, 0.717) is 11.5 Å². The highest BCUT2D eigenvalue weighted by atomic mass is 16.5. The van der Waals surface area contributed by atoms with Gasteiger partial charge in [-0.25, -0.2) is 4.79 Å². The maximum atomic E-state index is 12.0. The summed E-state index contributed by atoms with van der Waals surface area (Å²) in [6.45, 7) is 0. The number of methoxy groups -OCH3 is 3. The Morgan fingerprint density at radius 2 is 1.78 bits per heavy atom. The molecule has 2 rings (SSSR count). The Hall–Kier alpha value is -2.96. The first-order chi connectivity index (χ1) is 11.1. The van der Waals surface area contributed by atoms with E-state index in [0.717, 1.165) is 5.56 Å². The fourth-order valence-corrected chi connectivity index (χ4v) is 1.97. The van der Waals surface area contributed by atoms with Crippen LogP contribution in [0.25, 0.3) is 0 Å². The summed E-state index contributed by atoms with van der Waals surface area (Å²) < 4.78 is 20.0. The molecule has 1 heterocycles. The van der Waals surface area contributed by atoms with Gasteiger partial charge in [0.25, 0.3) is 0 Å². The van der Waals surface area contributed by atoms with Gasteiger partial charge in [0.2, 0.25) is 17.6 Å². The summed E-state index contributed by atoms with van der Waals surface area (Å²) in [4.78, 5) is 23.3. The van der Waals surface area contributed by atoms with E-state index in [4.69, 9.17) is 13.9 Å². The average molecular weight is 319 g/mol. The molecule has 0 atom stereocenters. The molecular formula is C16H17NO6. The third-order valence-electron chi connectivity index (χ3n) is 3.07. The summed E-state index contributed by atoms with van der Waals surface area (Å²) in [5.41, 5.74) is 0.750. The van der Waals surface area contributed by atoms with E-state index in [-0.39, 0.29) is 24.0 Å². The van der Waals surface area contributed by atoms with E-state index in [1.54, 1.807) is 25.3 Å². The van der Waals surface area contributed by atoms with Crippen molar-refractivity contribution in [3.8, 4) is 11.5 Å².